The van der Waals surface area contributed by atoms with Crippen molar-refractivity contribution < 1.29 is 10.2 Å². The molecule has 0 saturated heterocycles. The van der Waals surface area contributed by atoms with Gasteiger partial charge in [-0.1, -0.05) is 46.8 Å². The Morgan fingerprint density at radius 1 is 0.875 bits per heavy atom. The fourth-order valence-corrected chi connectivity index (χ4v) is 11.0. The molecule has 0 unspecified atom stereocenters. The first kappa shape index (κ1) is 23.4. The van der Waals surface area contributed by atoms with Gasteiger partial charge in [-0.3, -0.25) is 0 Å². The number of hydrogen-bond donors (Lipinski definition) is 2. The van der Waals surface area contributed by atoms with Crippen LogP contribution in [0.25, 0.3) is 0 Å². The lowest BCUT2D eigenvalue weighted by molar-refractivity contribution is -0.161. The van der Waals surface area contributed by atoms with Gasteiger partial charge in [-0.05, 0) is 129 Å². The molecular formula is C30H50O2. The summed E-state index contributed by atoms with van der Waals surface area (Å²) < 4.78 is 0. The van der Waals surface area contributed by atoms with Crippen molar-refractivity contribution in [2.45, 2.75) is 124 Å². The predicted octanol–water partition coefficient (Wildman–Crippen LogP) is 7.14. The standard InChI is InChI=1S/C30H50O2/c1-20(9-8-14-25(2,3)32)21-12-15-28(7)23-11-10-22-26(4,5)24(31)13-16-29(22)19-30(23,29)18-17-27(21,28)6/h8,14,20-24,31-32H,9-13,15-19H2,1-7H3/t20-,21-,22+,23+,24+,27-,28+,29-,30+/m1/s1. The Bertz CT molecular complexity index is 791. The average Bonchev–Trinajstić information content (AvgIpc) is 3.27. The molecule has 2 heteroatoms. The van der Waals surface area contributed by atoms with Crippen LogP contribution in [0.4, 0.5) is 0 Å². The molecule has 5 aliphatic rings. The molecule has 0 aromatic carbocycles. The van der Waals surface area contributed by atoms with Gasteiger partial charge in [-0.25, -0.2) is 0 Å². The molecule has 0 aliphatic heterocycles. The van der Waals surface area contributed by atoms with Crippen LogP contribution in [0, 0.1) is 50.7 Å². The fraction of sp³-hybridized carbons (Fsp3) is 0.933. The minimum atomic E-state index is -0.703. The second-order valence-electron chi connectivity index (χ2n) is 14.8. The van der Waals surface area contributed by atoms with E-state index >= 15 is 0 Å². The summed E-state index contributed by atoms with van der Waals surface area (Å²) in [5, 5.41) is 20.9. The molecule has 5 rings (SSSR count). The molecule has 0 amide bonds. The van der Waals surface area contributed by atoms with Crippen LogP contribution in [-0.4, -0.2) is 21.9 Å². The van der Waals surface area contributed by atoms with Crippen LogP contribution in [0.2, 0.25) is 0 Å². The van der Waals surface area contributed by atoms with Gasteiger partial charge in [0.1, 0.15) is 0 Å². The Hall–Kier alpha value is -0.340. The molecule has 2 nitrogen and oxygen atoms in total. The number of aliphatic hydroxyl groups excluding tert-OH is 1. The Kier molecular flexibility index (Phi) is 5.02. The summed E-state index contributed by atoms with van der Waals surface area (Å²) in [4.78, 5) is 0. The molecule has 32 heavy (non-hydrogen) atoms. The minimum absolute atomic E-state index is 0.0912. The lowest BCUT2D eigenvalue weighted by Crippen LogP contribution is -2.57. The fourth-order valence-electron chi connectivity index (χ4n) is 11.0. The van der Waals surface area contributed by atoms with Gasteiger partial charge in [0.2, 0.25) is 0 Å². The second-order valence-corrected chi connectivity index (χ2v) is 14.8. The molecule has 0 aromatic heterocycles. The molecule has 2 spiro atoms. The van der Waals surface area contributed by atoms with E-state index in [9.17, 15) is 10.2 Å². The number of aliphatic hydroxyl groups is 2. The van der Waals surface area contributed by atoms with Crippen LogP contribution in [0.1, 0.15) is 113 Å². The van der Waals surface area contributed by atoms with E-state index in [2.05, 4.69) is 40.7 Å². The van der Waals surface area contributed by atoms with Crippen molar-refractivity contribution in [2.75, 3.05) is 0 Å². The van der Waals surface area contributed by atoms with Crippen LogP contribution in [-0.2, 0) is 0 Å². The molecule has 0 heterocycles. The molecule has 5 aliphatic carbocycles. The Balaban J connectivity index is 1.40. The maximum absolute atomic E-state index is 10.8. The molecular weight excluding hydrogens is 392 g/mol. The van der Waals surface area contributed by atoms with E-state index in [0.717, 1.165) is 30.6 Å². The first-order valence-electron chi connectivity index (χ1n) is 13.8. The molecule has 0 radical (unpaired) electrons. The lowest BCUT2D eigenvalue weighted by atomic mass is 9.42. The Morgan fingerprint density at radius 3 is 2.22 bits per heavy atom. The summed E-state index contributed by atoms with van der Waals surface area (Å²) in [6, 6.07) is 0. The molecule has 0 bridgehead atoms. The van der Waals surface area contributed by atoms with Crippen molar-refractivity contribution in [2.24, 2.45) is 50.7 Å². The summed E-state index contributed by atoms with van der Waals surface area (Å²) in [5.74, 6) is 3.10. The molecule has 2 N–H and O–H groups in total. The number of rotatable bonds is 4. The number of allylic oxidation sites excluding steroid dienone is 1. The van der Waals surface area contributed by atoms with E-state index in [0.29, 0.717) is 27.6 Å². The number of hydrogen-bond acceptors (Lipinski definition) is 2. The zero-order valence-electron chi connectivity index (χ0n) is 22.0. The summed E-state index contributed by atoms with van der Waals surface area (Å²) in [6.07, 6.45) is 17.4. The molecule has 9 atom stereocenters. The Morgan fingerprint density at radius 2 is 1.53 bits per heavy atom. The van der Waals surface area contributed by atoms with E-state index < -0.39 is 5.60 Å². The minimum Gasteiger partial charge on any atom is -0.393 e. The van der Waals surface area contributed by atoms with Crippen LogP contribution in [0.15, 0.2) is 12.2 Å². The summed E-state index contributed by atoms with van der Waals surface area (Å²) in [6.45, 7) is 16.3. The third kappa shape index (κ3) is 2.84. The highest BCUT2D eigenvalue weighted by atomic mass is 16.3. The third-order valence-corrected chi connectivity index (χ3v) is 12.9. The largest absolute Gasteiger partial charge is 0.393 e. The first-order valence-corrected chi connectivity index (χ1v) is 13.8. The van der Waals surface area contributed by atoms with Crippen molar-refractivity contribution in [3.63, 3.8) is 0 Å². The van der Waals surface area contributed by atoms with Crippen molar-refractivity contribution in [1.82, 2.24) is 0 Å². The first-order chi connectivity index (χ1) is 14.7. The maximum atomic E-state index is 10.8. The average molecular weight is 443 g/mol. The highest BCUT2D eigenvalue weighted by molar-refractivity contribution is 5.30. The van der Waals surface area contributed by atoms with Crippen molar-refractivity contribution >= 4 is 0 Å². The summed E-state index contributed by atoms with van der Waals surface area (Å²) >= 11 is 0. The zero-order chi connectivity index (χ0) is 23.4. The van der Waals surface area contributed by atoms with Crippen molar-refractivity contribution in [1.29, 1.82) is 0 Å². The molecule has 5 fully saturated rings. The quantitative estimate of drug-likeness (QED) is 0.454. The van der Waals surface area contributed by atoms with Gasteiger partial charge in [0.25, 0.3) is 0 Å². The molecule has 182 valence electrons. The summed E-state index contributed by atoms with van der Waals surface area (Å²) in [5.41, 5.74) is 1.44. The van der Waals surface area contributed by atoms with Crippen LogP contribution >= 0.6 is 0 Å². The van der Waals surface area contributed by atoms with Crippen LogP contribution < -0.4 is 0 Å². The van der Waals surface area contributed by atoms with Gasteiger partial charge in [0.05, 0.1) is 11.7 Å². The van der Waals surface area contributed by atoms with Gasteiger partial charge in [0, 0.05) is 0 Å². The lowest BCUT2D eigenvalue weighted by Gasteiger charge is -2.63. The van der Waals surface area contributed by atoms with Gasteiger partial charge >= 0.3 is 0 Å². The normalized spacial score (nSPS) is 52.7. The van der Waals surface area contributed by atoms with Gasteiger partial charge < -0.3 is 10.2 Å². The maximum Gasteiger partial charge on any atom is 0.0771 e. The molecule has 5 saturated carbocycles. The van der Waals surface area contributed by atoms with Crippen molar-refractivity contribution in [3.8, 4) is 0 Å². The second kappa shape index (κ2) is 6.87. The van der Waals surface area contributed by atoms with Crippen LogP contribution in [0.5, 0.6) is 0 Å². The zero-order valence-corrected chi connectivity index (χ0v) is 22.0. The van der Waals surface area contributed by atoms with Crippen molar-refractivity contribution in [3.05, 3.63) is 12.2 Å². The third-order valence-electron chi connectivity index (χ3n) is 12.9. The van der Waals surface area contributed by atoms with E-state index in [1.165, 1.54) is 51.4 Å². The smallest absolute Gasteiger partial charge is 0.0771 e. The van der Waals surface area contributed by atoms with E-state index in [1.807, 2.05) is 19.9 Å². The van der Waals surface area contributed by atoms with E-state index in [-0.39, 0.29) is 11.5 Å². The Labute approximate surface area is 197 Å². The van der Waals surface area contributed by atoms with Gasteiger partial charge in [-0.2, -0.15) is 0 Å². The number of fused-ring (bicyclic) bond motifs is 2. The van der Waals surface area contributed by atoms with Gasteiger partial charge in [-0.15, -0.1) is 0 Å². The SMILES string of the molecule is C[C@H](CC=CC(C)(C)O)[C@H]1CC[C@@]2(C)[C@@H]3CC[C@H]4C(C)(C)[C@@H](O)CC[C@@]45C[C@@]35CC[C@]12C. The highest BCUT2D eigenvalue weighted by Crippen LogP contribution is 2.89. The topological polar surface area (TPSA) is 40.5 Å². The molecule has 0 aromatic rings. The highest BCUT2D eigenvalue weighted by Gasteiger charge is 2.82. The predicted molar refractivity (Wildman–Crippen MR) is 132 cm³/mol. The van der Waals surface area contributed by atoms with Gasteiger partial charge in [0.15, 0.2) is 0 Å². The monoisotopic (exact) mass is 442 g/mol. The van der Waals surface area contributed by atoms with E-state index in [1.54, 1.807) is 0 Å². The van der Waals surface area contributed by atoms with E-state index in [4.69, 9.17) is 0 Å². The summed E-state index contributed by atoms with van der Waals surface area (Å²) in [7, 11) is 0. The van der Waals surface area contributed by atoms with Crippen LogP contribution in [0.3, 0.4) is 0 Å².